The molecular formula is C19H32O2Si. The molecule has 0 amide bonds. The molecule has 0 radical (unpaired) electrons. The van der Waals surface area contributed by atoms with Gasteiger partial charge in [0.25, 0.3) is 0 Å². The Morgan fingerprint density at radius 2 is 1.23 bits per heavy atom. The lowest BCUT2D eigenvalue weighted by Crippen LogP contribution is -2.15. The van der Waals surface area contributed by atoms with Gasteiger partial charge in [0.2, 0.25) is 0 Å². The van der Waals surface area contributed by atoms with Crippen LogP contribution in [-0.2, 0) is 9.47 Å². The molecule has 0 saturated heterocycles. The minimum atomic E-state index is 0.0417. The third-order valence-corrected chi connectivity index (χ3v) is 3.68. The summed E-state index contributed by atoms with van der Waals surface area (Å²) in [6.45, 7) is 7.01. The molecule has 0 fully saturated rings. The van der Waals surface area contributed by atoms with E-state index in [0.717, 1.165) is 6.61 Å². The van der Waals surface area contributed by atoms with Crippen molar-refractivity contribution >= 4 is 21.0 Å². The Labute approximate surface area is 139 Å². The third-order valence-electron chi connectivity index (χ3n) is 2.97. The highest BCUT2D eigenvalue weighted by Crippen LogP contribution is 2.11. The van der Waals surface area contributed by atoms with Crippen molar-refractivity contribution in [3.05, 3.63) is 48.5 Å². The lowest BCUT2D eigenvalue weighted by atomic mass is 10.1. The third kappa shape index (κ3) is 11.5. The first-order valence-electron chi connectivity index (χ1n) is 7.92. The normalized spacial score (nSPS) is 10.4. The van der Waals surface area contributed by atoms with Crippen LogP contribution in [-0.4, -0.2) is 36.7 Å². The van der Waals surface area contributed by atoms with Gasteiger partial charge in [-0.1, -0.05) is 54.6 Å². The number of ether oxygens (including phenoxy) is 2. The first-order chi connectivity index (χ1) is 10.4. The molecule has 0 heterocycles. The summed E-state index contributed by atoms with van der Waals surface area (Å²) < 4.78 is 9.74. The maximum absolute atomic E-state index is 4.94. The highest BCUT2D eigenvalue weighted by Gasteiger charge is 2.04. The molecule has 2 rings (SSSR count). The molecule has 2 aromatic rings. The molecule has 0 atom stereocenters. The molecule has 0 aliphatic heterocycles. The summed E-state index contributed by atoms with van der Waals surface area (Å²) >= 11 is 0. The Bertz CT molecular complexity index is 423. The highest BCUT2D eigenvalue weighted by atomic mass is 28.1. The second-order valence-corrected chi connectivity index (χ2v) is 7.01. The Morgan fingerprint density at radius 3 is 1.41 bits per heavy atom. The average Bonchev–Trinajstić information content (AvgIpc) is 2.53. The van der Waals surface area contributed by atoms with Gasteiger partial charge in [-0.3, -0.25) is 0 Å². The molecule has 0 spiro atoms. The molecule has 2 nitrogen and oxygen atoms in total. The Hall–Kier alpha value is -1.16. The van der Waals surface area contributed by atoms with Gasteiger partial charge >= 0.3 is 0 Å². The van der Waals surface area contributed by atoms with Gasteiger partial charge in [-0.05, 0) is 38.0 Å². The van der Waals surface area contributed by atoms with Gasteiger partial charge in [-0.25, -0.2) is 0 Å². The van der Waals surface area contributed by atoms with Crippen molar-refractivity contribution in [2.75, 3.05) is 20.8 Å². The van der Waals surface area contributed by atoms with Crippen LogP contribution in [0, 0.1) is 0 Å². The predicted octanol–water partition coefficient (Wildman–Crippen LogP) is 4.08. The quantitative estimate of drug-likeness (QED) is 0.627. The molecule has 3 heteroatoms. The van der Waals surface area contributed by atoms with Crippen molar-refractivity contribution in [3.63, 3.8) is 0 Å². The molecular weight excluding hydrogens is 288 g/mol. The van der Waals surface area contributed by atoms with E-state index in [4.69, 9.17) is 9.47 Å². The molecule has 2 aromatic carbocycles. The van der Waals surface area contributed by atoms with Crippen LogP contribution in [0.1, 0.15) is 27.2 Å². The van der Waals surface area contributed by atoms with Crippen molar-refractivity contribution in [2.45, 2.75) is 38.8 Å². The number of hydrogen-bond acceptors (Lipinski definition) is 2. The van der Waals surface area contributed by atoms with Gasteiger partial charge < -0.3 is 9.47 Å². The van der Waals surface area contributed by atoms with E-state index in [2.05, 4.69) is 48.5 Å². The lowest BCUT2D eigenvalue weighted by molar-refractivity contribution is 0.0397. The van der Waals surface area contributed by atoms with Gasteiger partial charge in [-0.15, -0.1) is 0 Å². The number of hydrogen-bond donors (Lipinski definition) is 0. The van der Waals surface area contributed by atoms with E-state index in [1.807, 2.05) is 20.8 Å². The second kappa shape index (κ2) is 12.4. The zero-order valence-corrected chi connectivity index (χ0v) is 17.1. The van der Waals surface area contributed by atoms with Crippen molar-refractivity contribution in [3.8, 4) is 0 Å². The molecule has 22 heavy (non-hydrogen) atoms. The lowest BCUT2D eigenvalue weighted by Gasteiger charge is -2.14. The van der Waals surface area contributed by atoms with Crippen LogP contribution in [0.2, 0.25) is 6.04 Å². The maximum Gasteiger partial charge on any atom is 0.0594 e. The van der Waals surface area contributed by atoms with Crippen LogP contribution in [0.25, 0.3) is 10.8 Å². The van der Waals surface area contributed by atoms with Gasteiger partial charge in [0, 0.05) is 31.1 Å². The molecule has 0 unspecified atom stereocenters. The zero-order valence-electron chi connectivity index (χ0n) is 15.1. The fourth-order valence-corrected chi connectivity index (χ4v) is 1.71. The Kier molecular flexibility index (Phi) is 11.7. The maximum atomic E-state index is 4.94. The second-order valence-electron chi connectivity index (χ2n) is 6.01. The largest absolute Gasteiger partial charge is 0.385 e. The monoisotopic (exact) mass is 320 g/mol. The van der Waals surface area contributed by atoms with E-state index >= 15 is 0 Å². The highest BCUT2D eigenvalue weighted by molar-refractivity contribution is 6.08. The number of benzene rings is 2. The average molecular weight is 321 g/mol. The summed E-state index contributed by atoms with van der Waals surface area (Å²) in [5.41, 5.74) is 0.0417. The van der Waals surface area contributed by atoms with Crippen LogP contribution < -0.4 is 0 Å². The van der Waals surface area contributed by atoms with E-state index in [0.29, 0.717) is 0 Å². The van der Waals surface area contributed by atoms with Gasteiger partial charge in [0.15, 0.2) is 0 Å². The van der Waals surface area contributed by atoms with Crippen molar-refractivity contribution in [2.24, 2.45) is 0 Å². The first-order valence-corrected chi connectivity index (χ1v) is 9.34. The van der Waals surface area contributed by atoms with Crippen molar-refractivity contribution < 1.29 is 9.47 Å². The summed E-state index contributed by atoms with van der Waals surface area (Å²) in [4.78, 5) is 0. The Morgan fingerprint density at radius 1 is 0.864 bits per heavy atom. The van der Waals surface area contributed by atoms with Gasteiger partial charge in [0.05, 0.1) is 5.60 Å². The fourth-order valence-electron chi connectivity index (χ4n) is 1.42. The van der Waals surface area contributed by atoms with E-state index in [1.165, 1.54) is 33.5 Å². The van der Waals surface area contributed by atoms with Crippen LogP contribution >= 0.6 is 0 Å². The van der Waals surface area contributed by atoms with Crippen LogP contribution in [0.4, 0.5) is 0 Å². The molecule has 0 aliphatic rings. The summed E-state index contributed by atoms with van der Waals surface area (Å²) in [7, 11) is 4.78. The minimum absolute atomic E-state index is 0.0417. The molecule has 124 valence electrons. The van der Waals surface area contributed by atoms with E-state index in [-0.39, 0.29) is 5.60 Å². The number of fused-ring (bicyclic) bond motifs is 1. The molecule has 0 aromatic heterocycles. The van der Waals surface area contributed by atoms with Crippen LogP contribution in [0.3, 0.4) is 0 Å². The number of rotatable bonds is 3. The SMILES string of the molecule is COC(C)(C)C.COCCC[SiH3].c1ccc2ccccc2c1. The van der Waals surface area contributed by atoms with Crippen molar-refractivity contribution in [1.82, 2.24) is 0 Å². The molecule has 0 N–H and O–H groups in total. The topological polar surface area (TPSA) is 18.5 Å². The summed E-state index contributed by atoms with van der Waals surface area (Å²) in [5, 5.41) is 2.62. The standard InChI is InChI=1S/C10H8.C5H12O.C4H12OSi/c1-2-6-10-8-4-3-7-9(10)5-1;1-5(2,3)6-4;1-5-3-2-4-6/h1-8H;1-4H3;2-4H2,1,6H3. The predicted molar refractivity (Wildman–Crippen MR) is 102 cm³/mol. The first kappa shape index (κ1) is 20.8. The zero-order chi connectivity index (χ0) is 16.8. The van der Waals surface area contributed by atoms with Gasteiger partial charge in [0.1, 0.15) is 0 Å². The van der Waals surface area contributed by atoms with Crippen LogP contribution in [0.5, 0.6) is 0 Å². The summed E-state index contributed by atoms with van der Waals surface area (Å²) in [6, 6.07) is 18.1. The number of methoxy groups -OCH3 is 2. The van der Waals surface area contributed by atoms with Gasteiger partial charge in [-0.2, -0.15) is 0 Å². The smallest absolute Gasteiger partial charge is 0.0594 e. The molecule has 0 bridgehead atoms. The summed E-state index contributed by atoms with van der Waals surface area (Å²) in [5.74, 6) is 0. The van der Waals surface area contributed by atoms with E-state index in [1.54, 1.807) is 14.2 Å². The fraction of sp³-hybridized carbons (Fsp3) is 0.474. The minimum Gasteiger partial charge on any atom is -0.385 e. The van der Waals surface area contributed by atoms with E-state index < -0.39 is 0 Å². The Balaban J connectivity index is 0.000000324. The van der Waals surface area contributed by atoms with Crippen LogP contribution in [0.15, 0.2) is 48.5 Å². The summed E-state index contributed by atoms with van der Waals surface area (Å²) in [6.07, 6.45) is 1.25. The molecule has 0 aliphatic carbocycles. The van der Waals surface area contributed by atoms with E-state index in [9.17, 15) is 0 Å². The van der Waals surface area contributed by atoms with Crippen molar-refractivity contribution in [1.29, 1.82) is 0 Å². The molecule has 0 saturated carbocycles.